The van der Waals surface area contributed by atoms with Crippen LogP contribution < -0.4 is 11.1 Å². The molecule has 1 aliphatic rings. The number of amides is 1. The molecule has 4 heteroatoms. The molecule has 1 aliphatic carbocycles. The Balaban J connectivity index is 1.83. The molecule has 0 radical (unpaired) electrons. The molecule has 110 valence electrons. The van der Waals surface area contributed by atoms with Crippen molar-refractivity contribution in [2.24, 2.45) is 5.73 Å². The van der Waals surface area contributed by atoms with Gasteiger partial charge in [-0.25, -0.2) is 4.39 Å². The summed E-state index contributed by atoms with van der Waals surface area (Å²) in [6, 6.07) is 10.4. The van der Waals surface area contributed by atoms with Gasteiger partial charge < -0.3 is 11.1 Å². The summed E-state index contributed by atoms with van der Waals surface area (Å²) in [5.41, 5.74) is 6.41. The topological polar surface area (TPSA) is 55.1 Å². The molecular weight excluding hydrogens is 267 g/mol. The number of nitrogens with two attached hydrogens (primary N) is 1. The molecule has 3 nitrogen and oxygen atoms in total. The number of hydrogen-bond acceptors (Lipinski definition) is 2. The quantitative estimate of drug-likeness (QED) is 0.891. The Labute approximate surface area is 123 Å². The van der Waals surface area contributed by atoms with Gasteiger partial charge in [-0.3, -0.25) is 4.79 Å². The van der Waals surface area contributed by atoms with Gasteiger partial charge in [0.05, 0.1) is 0 Å². The molecule has 1 amide bonds. The highest BCUT2D eigenvalue weighted by Gasteiger charge is 2.21. The molecule has 0 saturated heterocycles. The molecule has 2 aromatic carbocycles. The van der Waals surface area contributed by atoms with Crippen molar-refractivity contribution in [1.82, 2.24) is 5.32 Å². The zero-order chi connectivity index (χ0) is 14.8. The van der Waals surface area contributed by atoms with E-state index in [0.717, 1.165) is 25.7 Å². The van der Waals surface area contributed by atoms with Crippen LogP contribution >= 0.6 is 0 Å². The monoisotopic (exact) mass is 286 g/mol. The van der Waals surface area contributed by atoms with Gasteiger partial charge in [0.1, 0.15) is 5.82 Å². The van der Waals surface area contributed by atoms with E-state index in [-0.39, 0.29) is 23.8 Å². The van der Waals surface area contributed by atoms with Crippen molar-refractivity contribution in [1.29, 1.82) is 0 Å². The summed E-state index contributed by atoms with van der Waals surface area (Å²) in [5, 5.41) is 4.19. The maximum Gasteiger partial charge on any atom is 0.252 e. The van der Waals surface area contributed by atoms with Crippen molar-refractivity contribution in [3.8, 4) is 0 Å². The largest absolute Gasteiger partial charge is 0.349 e. The third-order valence-electron chi connectivity index (χ3n) is 4.22. The number of rotatable bonds is 2. The van der Waals surface area contributed by atoms with Crippen LogP contribution in [0.5, 0.6) is 0 Å². The maximum atomic E-state index is 13.8. The van der Waals surface area contributed by atoms with Gasteiger partial charge in [-0.15, -0.1) is 0 Å². The lowest BCUT2D eigenvalue weighted by Crippen LogP contribution is -2.40. The van der Waals surface area contributed by atoms with Crippen molar-refractivity contribution in [3.05, 3.63) is 47.8 Å². The van der Waals surface area contributed by atoms with Crippen LogP contribution in [0, 0.1) is 5.82 Å². The Hall–Kier alpha value is -1.94. The molecule has 0 unspecified atom stereocenters. The van der Waals surface area contributed by atoms with Crippen molar-refractivity contribution in [2.45, 2.75) is 37.8 Å². The minimum absolute atomic E-state index is 0.133. The Kier molecular flexibility index (Phi) is 3.88. The van der Waals surface area contributed by atoms with E-state index in [4.69, 9.17) is 5.73 Å². The van der Waals surface area contributed by atoms with Crippen molar-refractivity contribution >= 4 is 16.7 Å². The number of carbonyl (C=O) groups is 1. The average Bonchev–Trinajstić information content (AvgIpc) is 2.50. The van der Waals surface area contributed by atoms with Crippen LogP contribution in [0.1, 0.15) is 36.0 Å². The average molecular weight is 286 g/mol. The number of hydrogen-bond donors (Lipinski definition) is 2. The number of fused-ring (bicyclic) bond motifs is 1. The van der Waals surface area contributed by atoms with E-state index >= 15 is 0 Å². The fourth-order valence-electron chi connectivity index (χ4n) is 2.99. The summed E-state index contributed by atoms with van der Waals surface area (Å²) >= 11 is 0. The molecule has 0 heterocycles. The first-order chi connectivity index (χ1) is 10.1. The molecule has 0 bridgehead atoms. The minimum atomic E-state index is -0.300. The van der Waals surface area contributed by atoms with E-state index < -0.39 is 0 Å². The van der Waals surface area contributed by atoms with Crippen LogP contribution in [0.2, 0.25) is 0 Å². The molecule has 21 heavy (non-hydrogen) atoms. The molecular formula is C17H19FN2O. The van der Waals surface area contributed by atoms with Gasteiger partial charge in [0.15, 0.2) is 0 Å². The summed E-state index contributed by atoms with van der Waals surface area (Å²) in [6.45, 7) is 0. The number of halogens is 1. The summed E-state index contributed by atoms with van der Waals surface area (Å²) in [7, 11) is 0. The van der Waals surface area contributed by atoms with E-state index in [2.05, 4.69) is 5.32 Å². The second-order valence-electron chi connectivity index (χ2n) is 5.73. The standard InChI is InChI=1S/C17H19FN2O/c18-16-10-9-15(13-3-1-2-4-14(13)16)17(21)20-12-7-5-11(19)6-8-12/h1-4,9-12H,5-8,19H2,(H,20,21). The van der Waals surface area contributed by atoms with Crippen molar-refractivity contribution < 1.29 is 9.18 Å². The first-order valence-corrected chi connectivity index (χ1v) is 7.39. The van der Waals surface area contributed by atoms with Crippen molar-refractivity contribution in [3.63, 3.8) is 0 Å². The Morgan fingerprint density at radius 1 is 1.05 bits per heavy atom. The van der Waals surface area contributed by atoms with E-state index in [1.807, 2.05) is 6.07 Å². The van der Waals surface area contributed by atoms with E-state index in [9.17, 15) is 9.18 Å². The van der Waals surface area contributed by atoms with Gasteiger partial charge in [0, 0.05) is 23.0 Å². The second kappa shape index (κ2) is 5.82. The first-order valence-electron chi connectivity index (χ1n) is 7.39. The molecule has 1 saturated carbocycles. The number of carbonyl (C=O) groups excluding carboxylic acids is 1. The zero-order valence-electron chi connectivity index (χ0n) is 11.8. The van der Waals surface area contributed by atoms with Crippen LogP contribution in [-0.2, 0) is 0 Å². The summed E-state index contributed by atoms with van der Waals surface area (Å²) in [6.07, 6.45) is 3.70. The summed E-state index contributed by atoms with van der Waals surface area (Å²) < 4.78 is 13.8. The van der Waals surface area contributed by atoms with E-state index in [1.54, 1.807) is 24.3 Å². The predicted octanol–water partition coefficient (Wildman–Crippen LogP) is 2.98. The zero-order valence-corrected chi connectivity index (χ0v) is 11.8. The van der Waals surface area contributed by atoms with Crippen LogP contribution in [0.15, 0.2) is 36.4 Å². The maximum absolute atomic E-state index is 13.8. The van der Waals surface area contributed by atoms with Crippen LogP contribution in [-0.4, -0.2) is 18.0 Å². The van der Waals surface area contributed by atoms with E-state index in [0.29, 0.717) is 16.3 Å². The van der Waals surface area contributed by atoms with Gasteiger partial charge in [0.25, 0.3) is 5.91 Å². The predicted molar refractivity (Wildman–Crippen MR) is 81.6 cm³/mol. The molecule has 0 aromatic heterocycles. The van der Waals surface area contributed by atoms with Crippen LogP contribution in [0.4, 0.5) is 4.39 Å². The minimum Gasteiger partial charge on any atom is -0.349 e. The molecule has 0 spiro atoms. The lowest BCUT2D eigenvalue weighted by atomic mass is 9.91. The number of benzene rings is 2. The molecule has 2 aromatic rings. The SMILES string of the molecule is NC1CCC(NC(=O)c2ccc(F)c3ccccc23)CC1. The summed E-state index contributed by atoms with van der Waals surface area (Å²) in [4.78, 5) is 12.5. The normalized spacial score (nSPS) is 22.2. The first kappa shape index (κ1) is 14.0. The Morgan fingerprint density at radius 3 is 2.43 bits per heavy atom. The highest BCUT2D eigenvalue weighted by molar-refractivity contribution is 6.07. The molecule has 3 N–H and O–H groups in total. The highest BCUT2D eigenvalue weighted by Crippen LogP contribution is 2.23. The van der Waals surface area contributed by atoms with Gasteiger partial charge in [-0.05, 0) is 43.2 Å². The Morgan fingerprint density at radius 2 is 1.71 bits per heavy atom. The fourth-order valence-corrected chi connectivity index (χ4v) is 2.99. The molecule has 0 atom stereocenters. The number of nitrogens with one attached hydrogen (secondary N) is 1. The third kappa shape index (κ3) is 2.90. The highest BCUT2D eigenvalue weighted by atomic mass is 19.1. The lowest BCUT2D eigenvalue weighted by Gasteiger charge is -2.27. The smallest absolute Gasteiger partial charge is 0.252 e. The van der Waals surface area contributed by atoms with Gasteiger partial charge in [0.2, 0.25) is 0 Å². The van der Waals surface area contributed by atoms with Crippen LogP contribution in [0.3, 0.4) is 0 Å². The molecule has 3 rings (SSSR count). The van der Waals surface area contributed by atoms with Crippen LogP contribution in [0.25, 0.3) is 10.8 Å². The Bertz CT molecular complexity index is 663. The molecule has 1 fully saturated rings. The fraction of sp³-hybridized carbons (Fsp3) is 0.353. The van der Waals surface area contributed by atoms with Crippen molar-refractivity contribution in [2.75, 3.05) is 0 Å². The van der Waals surface area contributed by atoms with Gasteiger partial charge >= 0.3 is 0 Å². The second-order valence-corrected chi connectivity index (χ2v) is 5.73. The summed E-state index contributed by atoms with van der Waals surface area (Å²) in [5.74, 6) is -0.433. The van der Waals surface area contributed by atoms with Gasteiger partial charge in [-0.1, -0.05) is 24.3 Å². The lowest BCUT2D eigenvalue weighted by molar-refractivity contribution is 0.0927. The van der Waals surface area contributed by atoms with E-state index in [1.165, 1.54) is 6.07 Å². The third-order valence-corrected chi connectivity index (χ3v) is 4.22. The molecule has 0 aliphatic heterocycles. The van der Waals surface area contributed by atoms with Gasteiger partial charge in [-0.2, -0.15) is 0 Å².